The maximum absolute atomic E-state index is 12.1. The van der Waals surface area contributed by atoms with Crippen LogP contribution in [-0.4, -0.2) is 40.4 Å². The maximum Gasteiger partial charge on any atom is 0.410 e. The Bertz CT molecular complexity index is 606. The number of likely N-dealkylation sites (tertiary alicyclic amines) is 1. The molecule has 0 N–H and O–H groups in total. The molecule has 1 unspecified atom stereocenters. The normalized spacial score (nSPS) is 17.3. The Morgan fingerprint density at radius 1 is 1.36 bits per heavy atom. The second-order valence-corrected chi connectivity index (χ2v) is 4.95. The Kier molecular flexibility index (Phi) is 5.63. The Morgan fingerprint density at radius 3 is 2.86 bits per heavy atom. The van der Waals surface area contributed by atoms with Crippen molar-refractivity contribution >= 4 is 18.1 Å². The van der Waals surface area contributed by atoms with Gasteiger partial charge in [-0.05, 0) is 24.5 Å². The zero-order valence-corrected chi connectivity index (χ0v) is 12.1. The molecule has 6 heteroatoms. The zero-order chi connectivity index (χ0) is 15.8. The van der Waals surface area contributed by atoms with Crippen LogP contribution < -0.4 is 0 Å². The molecule has 1 atom stereocenters. The molecule has 22 heavy (non-hydrogen) atoms. The van der Waals surface area contributed by atoms with Crippen LogP contribution in [0, 0.1) is 0 Å². The van der Waals surface area contributed by atoms with Gasteiger partial charge < -0.3 is 15.2 Å². The molecule has 0 saturated carbocycles. The van der Waals surface area contributed by atoms with E-state index in [0.29, 0.717) is 6.54 Å². The van der Waals surface area contributed by atoms with Crippen molar-refractivity contribution in [2.75, 3.05) is 6.54 Å². The monoisotopic (exact) mass is 299 g/mol. The third-order valence-corrected chi connectivity index (χ3v) is 3.41. The lowest BCUT2D eigenvalue weighted by atomic mass is 10.2. The fourth-order valence-corrected chi connectivity index (χ4v) is 2.33. The second kappa shape index (κ2) is 7.90. The molecule has 1 heterocycles. The smallest absolute Gasteiger partial charge is 0.410 e. The van der Waals surface area contributed by atoms with Gasteiger partial charge in [-0.25, -0.2) is 4.79 Å². The Labute approximate surface area is 128 Å². The van der Waals surface area contributed by atoms with Gasteiger partial charge in [-0.1, -0.05) is 36.4 Å². The molecule has 114 valence electrons. The van der Waals surface area contributed by atoms with E-state index < -0.39 is 5.78 Å². The zero-order valence-electron chi connectivity index (χ0n) is 12.1. The minimum absolute atomic E-state index is 0.167. The molecular weight excluding hydrogens is 282 g/mol. The van der Waals surface area contributed by atoms with E-state index in [0.717, 1.165) is 24.6 Å². The summed E-state index contributed by atoms with van der Waals surface area (Å²) in [5.41, 5.74) is 9.20. The highest BCUT2D eigenvalue weighted by Crippen LogP contribution is 2.19. The fraction of sp³-hybridized carbons (Fsp3) is 0.312. The summed E-state index contributed by atoms with van der Waals surface area (Å²) in [4.78, 5) is 27.6. The largest absolute Gasteiger partial charge is 0.445 e. The van der Waals surface area contributed by atoms with Crippen molar-refractivity contribution in [1.29, 1.82) is 0 Å². The van der Waals surface area contributed by atoms with Gasteiger partial charge in [-0.15, -0.1) is 0 Å². The first-order valence-corrected chi connectivity index (χ1v) is 7.07. The van der Waals surface area contributed by atoms with Crippen molar-refractivity contribution in [2.45, 2.75) is 25.5 Å². The van der Waals surface area contributed by atoms with Crippen molar-refractivity contribution in [3.05, 3.63) is 53.6 Å². The van der Waals surface area contributed by atoms with Crippen LogP contribution in [0.25, 0.3) is 5.53 Å². The minimum Gasteiger partial charge on any atom is -0.445 e. The lowest BCUT2D eigenvalue weighted by Gasteiger charge is -2.21. The van der Waals surface area contributed by atoms with Crippen LogP contribution in [0.15, 0.2) is 42.5 Å². The molecule has 0 aromatic heterocycles. The van der Waals surface area contributed by atoms with Crippen molar-refractivity contribution < 1.29 is 19.1 Å². The van der Waals surface area contributed by atoms with Gasteiger partial charge in [0.1, 0.15) is 6.61 Å². The Hall–Kier alpha value is -2.72. The predicted molar refractivity (Wildman–Crippen MR) is 80.2 cm³/mol. The van der Waals surface area contributed by atoms with E-state index in [9.17, 15) is 9.59 Å². The van der Waals surface area contributed by atoms with Crippen molar-refractivity contribution in [3.63, 3.8) is 0 Å². The summed E-state index contributed by atoms with van der Waals surface area (Å²) in [7, 11) is 0. The van der Waals surface area contributed by atoms with Crippen LogP contribution in [0.2, 0.25) is 0 Å². The van der Waals surface area contributed by atoms with E-state index in [2.05, 4.69) is 4.79 Å². The van der Waals surface area contributed by atoms with Gasteiger partial charge in [0.05, 0.1) is 6.04 Å². The summed E-state index contributed by atoms with van der Waals surface area (Å²) < 4.78 is 5.30. The number of ketones is 1. The van der Waals surface area contributed by atoms with E-state index in [1.807, 2.05) is 30.3 Å². The van der Waals surface area contributed by atoms with Crippen LogP contribution in [0.4, 0.5) is 4.79 Å². The minimum atomic E-state index is -0.424. The van der Waals surface area contributed by atoms with Gasteiger partial charge >= 0.3 is 12.3 Å². The standard InChI is InChI=1S/C16H17N3O3/c17-18-11-15(20)9-8-14-7-4-10-19(14)16(21)22-12-13-5-2-1-3-6-13/h1-3,5-6,8-9,11,14H,4,7,10,12H2/b9-8-. The number of amides is 1. The van der Waals surface area contributed by atoms with Crippen molar-refractivity contribution in [3.8, 4) is 0 Å². The molecule has 1 fully saturated rings. The molecule has 6 nitrogen and oxygen atoms in total. The third-order valence-electron chi connectivity index (χ3n) is 3.41. The lowest BCUT2D eigenvalue weighted by molar-refractivity contribution is -0.111. The van der Waals surface area contributed by atoms with E-state index in [1.54, 1.807) is 11.0 Å². The molecular formula is C16H17N3O3. The predicted octanol–water partition coefficient (Wildman–Crippen LogP) is 2.21. The molecule has 1 aliphatic rings. The summed E-state index contributed by atoms with van der Waals surface area (Å²) in [6.45, 7) is 0.827. The van der Waals surface area contributed by atoms with Crippen LogP contribution in [0.5, 0.6) is 0 Å². The highest BCUT2D eigenvalue weighted by molar-refractivity contribution is 6.30. The van der Waals surface area contributed by atoms with E-state index in [-0.39, 0.29) is 18.7 Å². The van der Waals surface area contributed by atoms with E-state index in [1.165, 1.54) is 6.08 Å². The average Bonchev–Trinajstić information content (AvgIpc) is 3.00. The number of hydrogen-bond donors (Lipinski definition) is 0. The number of benzene rings is 1. The number of nitrogens with zero attached hydrogens (tertiary/aromatic N) is 3. The van der Waals surface area contributed by atoms with Gasteiger partial charge in [0.2, 0.25) is 0 Å². The number of rotatable bonds is 5. The SMILES string of the molecule is [N-]=[N+]=CC(=O)/C=C\C1CCCN1C(=O)OCc1ccccc1. The van der Waals surface area contributed by atoms with Crippen LogP contribution in [0.1, 0.15) is 18.4 Å². The fourth-order valence-electron chi connectivity index (χ4n) is 2.33. The number of hydrogen-bond acceptors (Lipinski definition) is 3. The summed E-state index contributed by atoms with van der Waals surface area (Å²) in [6, 6.07) is 9.29. The molecule has 1 aliphatic heterocycles. The van der Waals surface area contributed by atoms with Gasteiger partial charge in [0, 0.05) is 6.54 Å². The summed E-state index contributed by atoms with van der Waals surface area (Å²) >= 11 is 0. The molecule has 1 aromatic carbocycles. The van der Waals surface area contributed by atoms with E-state index >= 15 is 0 Å². The quantitative estimate of drug-likeness (QED) is 0.362. The molecule has 0 bridgehead atoms. The van der Waals surface area contributed by atoms with Gasteiger partial charge in [-0.2, -0.15) is 4.79 Å². The molecule has 0 radical (unpaired) electrons. The van der Waals surface area contributed by atoms with Gasteiger partial charge in [0.25, 0.3) is 5.78 Å². The first-order valence-electron chi connectivity index (χ1n) is 7.07. The number of carbonyl (C=O) groups excluding carboxylic acids is 2. The maximum atomic E-state index is 12.1. The molecule has 1 aromatic rings. The Balaban J connectivity index is 1.90. The van der Waals surface area contributed by atoms with Crippen LogP contribution in [0.3, 0.4) is 0 Å². The van der Waals surface area contributed by atoms with E-state index in [4.69, 9.17) is 10.3 Å². The summed E-state index contributed by atoms with van der Waals surface area (Å²) in [6.07, 6.45) is 5.00. The average molecular weight is 299 g/mol. The first-order chi connectivity index (χ1) is 10.7. The highest BCUT2D eigenvalue weighted by atomic mass is 16.6. The summed E-state index contributed by atoms with van der Waals surface area (Å²) in [5.74, 6) is -0.424. The topological polar surface area (TPSA) is 83.0 Å². The molecule has 0 aliphatic carbocycles. The Morgan fingerprint density at radius 2 is 2.14 bits per heavy atom. The van der Waals surface area contributed by atoms with Crippen molar-refractivity contribution in [2.24, 2.45) is 0 Å². The first kappa shape index (κ1) is 15.7. The molecule has 1 saturated heterocycles. The van der Waals surface area contributed by atoms with Crippen LogP contribution in [-0.2, 0) is 16.1 Å². The molecule has 2 rings (SSSR count). The lowest BCUT2D eigenvalue weighted by Crippen LogP contribution is -2.34. The molecule has 1 amide bonds. The summed E-state index contributed by atoms with van der Waals surface area (Å²) in [5, 5.41) is 0. The number of ether oxygens (including phenoxy) is 1. The second-order valence-electron chi connectivity index (χ2n) is 4.95. The number of carbonyl (C=O) groups is 2. The van der Waals surface area contributed by atoms with Gasteiger partial charge in [-0.3, -0.25) is 4.79 Å². The highest BCUT2D eigenvalue weighted by Gasteiger charge is 2.28. The van der Waals surface area contributed by atoms with Crippen LogP contribution >= 0.6 is 0 Å². The van der Waals surface area contributed by atoms with Crippen molar-refractivity contribution in [1.82, 2.24) is 4.90 Å². The third kappa shape index (κ3) is 4.40. The number of allylic oxidation sites excluding steroid dienone is 1. The molecule has 0 spiro atoms. The van der Waals surface area contributed by atoms with Gasteiger partial charge in [0.15, 0.2) is 0 Å².